The van der Waals surface area contributed by atoms with Crippen molar-refractivity contribution in [1.82, 2.24) is 4.57 Å². The normalized spacial score (nSPS) is 14.3. The molecule has 0 radical (unpaired) electrons. The summed E-state index contributed by atoms with van der Waals surface area (Å²) in [6.07, 6.45) is 4.72. The maximum absolute atomic E-state index is 13.4. The third-order valence-corrected chi connectivity index (χ3v) is 4.54. The van der Waals surface area contributed by atoms with E-state index in [0.717, 1.165) is 28.8 Å². The Morgan fingerprint density at radius 2 is 1.92 bits per heavy atom. The van der Waals surface area contributed by atoms with Gasteiger partial charge in [-0.05, 0) is 60.9 Å². The number of nitrogens with zero attached hydrogens (tertiary/aromatic N) is 2. The predicted molar refractivity (Wildman–Crippen MR) is 97.9 cm³/mol. The van der Waals surface area contributed by atoms with Crippen LogP contribution in [0.1, 0.15) is 37.4 Å². The minimum Gasteiger partial charge on any atom is -0.345 e. The molecular formula is C21H19FN2. The first-order chi connectivity index (χ1) is 11.6. The standard InChI is InChI=1S/C21H19FN2/c1-14(2)24-9-8-17-10-16(6-7-21(17)24)20-12-18(13-23-20)15-4-3-5-19(22)11-15/h3-11,13-14H,12H2,1-2H3. The highest BCUT2D eigenvalue weighted by Gasteiger charge is 2.15. The van der Waals surface area contributed by atoms with Crippen molar-refractivity contribution in [2.24, 2.45) is 4.99 Å². The van der Waals surface area contributed by atoms with Gasteiger partial charge in [-0.1, -0.05) is 18.2 Å². The Bertz CT molecular complexity index is 976. The maximum atomic E-state index is 13.4. The molecule has 2 heterocycles. The second-order valence-electron chi connectivity index (χ2n) is 6.51. The summed E-state index contributed by atoms with van der Waals surface area (Å²) in [4.78, 5) is 4.57. The van der Waals surface area contributed by atoms with E-state index >= 15 is 0 Å². The van der Waals surface area contributed by atoms with E-state index in [1.165, 1.54) is 17.0 Å². The number of allylic oxidation sites excluding steroid dienone is 1. The molecule has 3 aromatic rings. The molecule has 0 fully saturated rings. The molecule has 0 bridgehead atoms. The van der Waals surface area contributed by atoms with Crippen molar-refractivity contribution in [3.05, 3.63) is 77.9 Å². The van der Waals surface area contributed by atoms with Crippen LogP contribution in [0.4, 0.5) is 4.39 Å². The number of rotatable bonds is 3. The largest absolute Gasteiger partial charge is 0.345 e. The topological polar surface area (TPSA) is 17.3 Å². The Morgan fingerprint density at radius 3 is 2.71 bits per heavy atom. The highest BCUT2D eigenvalue weighted by Crippen LogP contribution is 2.28. The molecule has 0 unspecified atom stereocenters. The van der Waals surface area contributed by atoms with Crippen molar-refractivity contribution in [1.29, 1.82) is 0 Å². The zero-order valence-corrected chi connectivity index (χ0v) is 13.8. The molecule has 0 saturated heterocycles. The predicted octanol–water partition coefficient (Wildman–Crippen LogP) is 5.60. The SMILES string of the molecule is CC(C)n1ccc2cc(C3=NC=C(c4cccc(F)c4)C3)ccc21. The molecular weight excluding hydrogens is 299 g/mol. The average molecular weight is 318 g/mol. The zero-order chi connectivity index (χ0) is 16.7. The molecule has 2 nitrogen and oxygen atoms in total. The van der Waals surface area contributed by atoms with Crippen LogP contribution >= 0.6 is 0 Å². The third-order valence-electron chi connectivity index (χ3n) is 4.54. The molecule has 120 valence electrons. The number of benzene rings is 2. The monoisotopic (exact) mass is 318 g/mol. The Balaban J connectivity index is 1.61. The summed E-state index contributed by atoms with van der Waals surface area (Å²) < 4.78 is 15.7. The van der Waals surface area contributed by atoms with Gasteiger partial charge in [0.2, 0.25) is 0 Å². The first kappa shape index (κ1) is 14.9. The summed E-state index contributed by atoms with van der Waals surface area (Å²) in [6.45, 7) is 4.37. The number of hydrogen-bond donors (Lipinski definition) is 0. The van der Waals surface area contributed by atoms with E-state index < -0.39 is 0 Å². The summed E-state index contributed by atoms with van der Waals surface area (Å²) in [5, 5.41) is 1.23. The van der Waals surface area contributed by atoms with Gasteiger partial charge in [0, 0.05) is 35.8 Å². The van der Waals surface area contributed by atoms with Crippen LogP contribution in [0.25, 0.3) is 16.5 Å². The van der Waals surface area contributed by atoms with Crippen LogP contribution in [0, 0.1) is 5.82 Å². The van der Waals surface area contributed by atoms with E-state index in [4.69, 9.17) is 0 Å². The fraction of sp³-hybridized carbons (Fsp3) is 0.190. The van der Waals surface area contributed by atoms with Gasteiger partial charge < -0.3 is 4.57 Å². The maximum Gasteiger partial charge on any atom is 0.123 e. The fourth-order valence-corrected chi connectivity index (χ4v) is 3.26. The van der Waals surface area contributed by atoms with Gasteiger partial charge in [-0.2, -0.15) is 0 Å². The third kappa shape index (κ3) is 2.56. The number of aliphatic imine (C=N–C) groups is 1. The van der Waals surface area contributed by atoms with Crippen molar-refractivity contribution in [3.63, 3.8) is 0 Å². The molecule has 0 amide bonds. The lowest BCUT2D eigenvalue weighted by molar-refractivity contribution is 0.623. The van der Waals surface area contributed by atoms with Crippen LogP contribution < -0.4 is 0 Å². The number of halogens is 1. The lowest BCUT2D eigenvalue weighted by Gasteiger charge is -2.10. The lowest BCUT2D eigenvalue weighted by Crippen LogP contribution is -2.00. The Kier molecular flexibility index (Phi) is 3.57. The van der Waals surface area contributed by atoms with Crippen LogP contribution in [0.3, 0.4) is 0 Å². The van der Waals surface area contributed by atoms with Crippen molar-refractivity contribution >= 4 is 22.2 Å². The summed E-state index contributed by atoms with van der Waals surface area (Å²) in [5.41, 5.74) is 5.37. The van der Waals surface area contributed by atoms with Gasteiger partial charge in [0.1, 0.15) is 5.82 Å². The summed E-state index contributed by atoms with van der Waals surface area (Å²) in [5.74, 6) is -0.210. The van der Waals surface area contributed by atoms with Gasteiger partial charge in [0.15, 0.2) is 0 Å². The molecule has 0 aliphatic carbocycles. The van der Waals surface area contributed by atoms with Crippen LogP contribution in [0.15, 0.2) is 65.9 Å². The molecule has 24 heavy (non-hydrogen) atoms. The second kappa shape index (κ2) is 5.75. The Labute approximate surface area is 141 Å². The van der Waals surface area contributed by atoms with E-state index in [0.29, 0.717) is 6.04 Å². The number of hydrogen-bond acceptors (Lipinski definition) is 1. The van der Waals surface area contributed by atoms with Crippen LogP contribution in [-0.2, 0) is 0 Å². The molecule has 1 aliphatic heterocycles. The first-order valence-corrected chi connectivity index (χ1v) is 8.24. The molecule has 0 spiro atoms. The van der Waals surface area contributed by atoms with E-state index in [1.54, 1.807) is 12.1 Å². The van der Waals surface area contributed by atoms with Gasteiger partial charge >= 0.3 is 0 Å². The van der Waals surface area contributed by atoms with Gasteiger partial charge in [-0.25, -0.2) is 4.39 Å². The van der Waals surface area contributed by atoms with E-state index in [2.05, 4.69) is 53.9 Å². The minimum atomic E-state index is -0.210. The van der Waals surface area contributed by atoms with Gasteiger partial charge in [-0.3, -0.25) is 4.99 Å². The quantitative estimate of drug-likeness (QED) is 0.598. The molecule has 2 aromatic carbocycles. The lowest BCUT2D eigenvalue weighted by atomic mass is 9.99. The van der Waals surface area contributed by atoms with E-state index in [1.807, 2.05) is 12.3 Å². The van der Waals surface area contributed by atoms with Gasteiger partial charge in [0.05, 0.1) is 5.71 Å². The van der Waals surface area contributed by atoms with Crippen LogP contribution in [0.2, 0.25) is 0 Å². The molecule has 0 atom stereocenters. The van der Waals surface area contributed by atoms with Crippen molar-refractivity contribution in [3.8, 4) is 0 Å². The summed E-state index contributed by atoms with van der Waals surface area (Å²) in [7, 11) is 0. The van der Waals surface area contributed by atoms with Crippen molar-refractivity contribution < 1.29 is 4.39 Å². The number of fused-ring (bicyclic) bond motifs is 1. The summed E-state index contributed by atoms with van der Waals surface area (Å²) >= 11 is 0. The second-order valence-corrected chi connectivity index (χ2v) is 6.51. The molecule has 4 rings (SSSR count). The smallest absolute Gasteiger partial charge is 0.123 e. The van der Waals surface area contributed by atoms with Crippen molar-refractivity contribution in [2.45, 2.75) is 26.3 Å². The van der Waals surface area contributed by atoms with Gasteiger partial charge in [0.25, 0.3) is 0 Å². The average Bonchev–Trinajstić information content (AvgIpc) is 3.21. The summed E-state index contributed by atoms with van der Waals surface area (Å²) in [6, 6.07) is 15.8. The number of aromatic nitrogens is 1. The molecule has 3 heteroatoms. The van der Waals surface area contributed by atoms with E-state index in [-0.39, 0.29) is 5.82 Å². The fourth-order valence-electron chi connectivity index (χ4n) is 3.26. The zero-order valence-electron chi connectivity index (χ0n) is 13.8. The van der Waals surface area contributed by atoms with Crippen LogP contribution in [-0.4, -0.2) is 10.3 Å². The molecule has 0 N–H and O–H groups in total. The minimum absolute atomic E-state index is 0.210. The Morgan fingerprint density at radius 1 is 1.04 bits per heavy atom. The molecule has 1 aliphatic rings. The Hall–Kier alpha value is -2.68. The van der Waals surface area contributed by atoms with Crippen molar-refractivity contribution in [2.75, 3.05) is 0 Å². The van der Waals surface area contributed by atoms with E-state index in [9.17, 15) is 4.39 Å². The first-order valence-electron chi connectivity index (χ1n) is 8.24. The van der Waals surface area contributed by atoms with Crippen LogP contribution in [0.5, 0.6) is 0 Å². The van der Waals surface area contributed by atoms with Gasteiger partial charge in [-0.15, -0.1) is 0 Å². The molecule has 0 saturated carbocycles. The molecule has 1 aromatic heterocycles. The highest BCUT2D eigenvalue weighted by molar-refractivity contribution is 6.10. The highest BCUT2D eigenvalue weighted by atomic mass is 19.1.